The largest absolute Gasteiger partial charge is 0.378 e. The van der Waals surface area contributed by atoms with Crippen molar-refractivity contribution < 1.29 is 9.53 Å². The molecule has 0 atom stereocenters. The van der Waals surface area contributed by atoms with Gasteiger partial charge in [0.25, 0.3) is 5.91 Å². The van der Waals surface area contributed by atoms with Gasteiger partial charge < -0.3 is 9.64 Å². The van der Waals surface area contributed by atoms with Gasteiger partial charge in [-0.3, -0.25) is 14.7 Å². The zero-order valence-electron chi connectivity index (χ0n) is 15.7. The van der Waals surface area contributed by atoms with Crippen LogP contribution in [0.3, 0.4) is 0 Å². The Morgan fingerprint density at radius 3 is 2.66 bits per heavy atom. The predicted octanol–water partition coefficient (Wildman–Crippen LogP) is 3.11. The van der Waals surface area contributed by atoms with Crippen LogP contribution in [0, 0.1) is 0 Å². The fourth-order valence-electron chi connectivity index (χ4n) is 3.76. The number of amides is 1. The van der Waals surface area contributed by atoms with Crippen molar-refractivity contribution in [1.29, 1.82) is 0 Å². The van der Waals surface area contributed by atoms with Crippen molar-refractivity contribution >= 4 is 34.7 Å². The zero-order valence-corrected chi connectivity index (χ0v) is 16.5. The third kappa shape index (κ3) is 3.34. The summed E-state index contributed by atoms with van der Waals surface area (Å²) in [6, 6.07) is 15.5. The molecule has 1 fully saturated rings. The van der Waals surface area contributed by atoms with Crippen LogP contribution < -0.4 is 4.90 Å². The van der Waals surface area contributed by atoms with E-state index in [1.807, 2.05) is 48.7 Å². The van der Waals surface area contributed by atoms with Gasteiger partial charge in [-0.1, -0.05) is 41.9 Å². The van der Waals surface area contributed by atoms with Gasteiger partial charge in [0.15, 0.2) is 0 Å². The van der Waals surface area contributed by atoms with E-state index in [1.54, 1.807) is 11.0 Å². The maximum atomic E-state index is 13.3. The van der Waals surface area contributed by atoms with E-state index >= 15 is 0 Å². The number of nitrogens with zero attached hydrogens (tertiary/aromatic N) is 4. The molecule has 0 bridgehead atoms. The lowest BCUT2D eigenvalue weighted by Crippen LogP contribution is -2.35. The highest BCUT2D eigenvalue weighted by Gasteiger charge is 2.35. The molecule has 5 rings (SSSR count). The maximum Gasteiger partial charge on any atom is 0.284 e. The van der Waals surface area contributed by atoms with Crippen molar-refractivity contribution in [2.75, 3.05) is 37.7 Å². The molecule has 3 heterocycles. The number of hydrogen-bond acceptors (Lipinski definition) is 5. The number of anilines is 1. The Hall–Kier alpha value is -2.96. The average molecular weight is 407 g/mol. The molecule has 146 valence electrons. The van der Waals surface area contributed by atoms with Crippen LogP contribution in [-0.4, -0.2) is 55.2 Å². The van der Waals surface area contributed by atoms with Gasteiger partial charge >= 0.3 is 0 Å². The summed E-state index contributed by atoms with van der Waals surface area (Å²) in [5.41, 5.74) is 3.81. The second kappa shape index (κ2) is 7.46. The van der Waals surface area contributed by atoms with E-state index in [9.17, 15) is 4.79 Å². The molecule has 0 aromatic heterocycles. The Balaban J connectivity index is 1.59. The fraction of sp³-hybridized carbons (Fsp3) is 0.227. The standard InChI is InChI=1S/C22H19ClN4O2/c23-16-6-7-19-17(12-16)21(15-4-2-1-3-5-15)24-13-20-25-18(22(28)27(19)20)14-26-8-10-29-11-9-26/h1-7,12,14H,8-11,13H2/b18-14+. The summed E-state index contributed by atoms with van der Waals surface area (Å²) in [4.78, 5) is 26.4. The molecular formula is C22H19ClN4O2. The van der Waals surface area contributed by atoms with Crippen molar-refractivity contribution in [3.63, 3.8) is 0 Å². The number of amidine groups is 1. The molecular weight excluding hydrogens is 388 g/mol. The van der Waals surface area contributed by atoms with E-state index in [2.05, 4.69) is 9.89 Å². The molecule has 3 aliphatic rings. The zero-order chi connectivity index (χ0) is 19.8. The highest BCUT2D eigenvalue weighted by molar-refractivity contribution is 6.34. The van der Waals surface area contributed by atoms with E-state index in [0.717, 1.165) is 35.6 Å². The van der Waals surface area contributed by atoms with E-state index in [-0.39, 0.29) is 5.91 Å². The summed E-state index contributed by atoms with van der Waals surface area (Å²) >= 11 is 6.30. The first-order valence-electron chi connectivity index (χ1n) is 9.56. The number of carbonyl (C=O) groups excluding carboxylic acids is 1. The Morgan fingerprint density at radius 2 is 1.86 bits per heavy atom. The Bertz CT molecular complexity index is 1060. The lowest BCUT2D eigenvalue weighted by atomic mass is 10.00. The number of ether oxygens (including phenoxy) is 1. The number of hydrogen-bond donors (Lipinski definition) is 0. The van der Waals surface area contributed by atoms with Gasteiger partial charge in [0, 0.05) is 35.4 Å². The van der Waals surface area contributed by atoms with Gasteiger partial charge in [-0.05, 0) is 18.2 Å². The minimum atomic E-state index is -0.139. The molecule has 2 aromatic rings. The smallest absolute Gasteiger partial charge is 0.284 e. The van der Waals surface area contributed by atoms with E-state index in [0.29, 0.717) is 36.3 Å². The third-order valence-corrected chi connectivity index (χ3v) is 5.40. The van der Waals surface area contributed by atoms with Crippen LogP contribution in [0.15, 0.2) is 70.4 Å². The number of aliphatic imine (C=N–C) groups is 2. The van der Waals surface area contributed by atoms with Gasteiger partial charge in [-0.2, -0.15) is 0 Å². The van der Waals surface area contributed by atoms with Crippen LogP contribution in [0.5, 0.6) is 0 Å². The number of benzene rings is 2. The SMILES string of the molecule is O=C1/C(=C\N2CCOCC2)N=C2CN=C(c3ccccc3)c3cc(Cl)ccc3N12. The molecule has 0 N–H and O–H groups in total. The highest BCUT2D eigenvalue weighted by Crippen LogP contribution is 2.33. The number of fused-ring (bicyclic) bond motifs is 3. The number of halogens is 1. The highest BCUT2D eigenvalue weighted by atomic mass is 35.5. The summed E-state index contributed by atoms with van der Waals surface area (Å²) in [6.45, 7) is 3.14. The molecule has 1 amide bonds. The van der Waals surface area contributed by atoms with Crippen LogP contribution >= 0.6 is 11.6 Å². The first kappa shape index (κ1) is 18.1. The summed E-state index contributed by atoms with van der Waals surface area (Å²) < 4.78 is 5.38. The molecule has 1 saturated heterocycles. The van der Waals surface area contributed by atoms with Crippen molar-refractivity contribution in [1.82, 2.24) is 4.90 Å². The quantitative estimate of drug-likeness (QED) is 0.720. The second-order valence-electron chi connectivity index (χ2n) is 7.02. The van der Waals surface area contributed by atoms with Crippen molar-refractivity contribution in [2.24, 2.45) is 9.98 Å². The molecule has 29 heavy (non-hydrogen) atoms. The normalized spacial score (nSPS) is 20.2. The number of carbonyl (C=O) groups is 1. The predicted molar refractivity (Wildman–Crippen MR) is 114 cm³/mol. The monoisotopic (exact) mass is 406 g/mol. The lowest BCUT2D eigenvalue weighted by Gasteiger charge is -2.25. The molecule has 0 saturated carbocycles. The minimum Gasteiger partial charge on any atom is -0.378 e. The first-order chi connectivity index (χ1) is 14.2. The van der Waals surface area contributed by atoms with Gasteiger partial charge in [-0.25, -0.2) is 4.99 Å². The fourth-order valence-corrected chi connectivity index (χ4v) is 3.93. The molecule has 0 unspecified atom stereocenters. The second-order valence-corrected chi connectivity index (χ2v) is 7.46. The lowest BCUT2D eigenvalue weighted by molar-refractivity contribution is -0.114. The molecule has 0 radical (unpaired) electrons. The van der Waals surface area contributed by atoms with Crippen LogP contribution in [0.4, 0.5) is 5.69 Å². The molecule has 6 nitrogen and oxygen atoms in total. The van der Waals surface area contributed by atoms with E-state index in [4.69, 9.17) is 21.3 Å². The molecule has 7 heteroatoms. The Morgan fingerprint density at radius 1 is 1.07 bits per heavy atom. The van der Waals surface area contributed by atoms with Crippen molar-refractivity contribution in [3.8, 4) is 0 Å². The molecule has 0 aliphatic carbocycles. The summed E-state index contributed by atoms with van der Waals surface area (Å²) in [7, 11) is 0. The van der Waals surface area contributed by atoms with Gasteiger partial charge in [0.1, 0.15) is 11.5 Å². The van der Waals surface area contributed by atoms with E-state index < -0.39 is 0 Å². The van der Waals surface area contributed by atoms with Crippen molar-refractivity contribution in [3.05, 3.63) is 76.6 Å². The summed E-state index contributed by atoms with van der Waals surface area (Å²) in [5, 5.41) is 0.600. The van der Waals surface area contributed by atoms with E-state index in [1.165, 1.54) is 0 Å². The number of rotatable bonds is 2. The molecule has 3 aliphatic heterocycles. The van der Waals surface area contributed by atoms with Crippen LogP contribution in [0.1, 0.15) is 11.1 Å². The van der Waals surface area contributed by atoms with Crippen LogP contribution in [0.25, 0.3) is 0 Å². The van der Waals surface area contributed by atoms with Crippen LogP contribution in [0.2, 0.25) is 5.02 Å². The Kier molecular flexibility index (Phi) is 4.66. The Labute approximate surface area is 173 Å². The molecule has 2 aromatic carbocycles. The van der Waals surface area contributed by atoms with Crippen LogP contribution in [-0.2, 0) is 9.53 Å². The van der Waals surface area contributed by atoms with Gasteiger partial charge in [-0.15, -0.1) is 0 Å². The first-order valence-corrected chi connectivity index (χ1v) is 9.94. The molecule has 0 spiro atoms. The minimum absolute atomic E-state index is 0.139. The average Bonchev–Trinajstić information content (AvgIpc) is 2.96. The third-order valence-electron chi connectivity index (χ3n) is 5.16. The number of morpholine rings is 1. The summed E-state index contributed by atoms with van der Waals surface area (Å²) in [5.74, 6) is 0.489. The van der Waals surface area contributed by atoms with Gasteiger partial charge in [0.2, 0.25) is 0 Å². The van der Waals surface area contributed by atoms with Gasteiger partial charge in [0.05, 0.1) is 31.2 Å². The maximum absolute atomic E-state index is 13.3. The topological polar surface area (TPSA) is 57.5 Å². The summed E-state index contributed by atoms with van der Waals surface area (Å²) in [6.07, 6.45) is 1.84. The van der Waals surface area contributed by atoms with Crippen molar-refractivity contribution in [2.45, 2.75) is 0 Å².